The molecule has 1 aromatic carbocycles. The van der Waals surface area contributed by atoms with Gasteiger partial charge in [0.25, 0.3) is 0 Å². The molecule has 0 bridgehead atoms. The summed E-state index contributed by atoms with van der Waals surface area (Å²) in [5.41, 5.74) is 5.02. The van der Waals surface area contributed by atoms with Gasteiger partial charge in [0.1, 0.15) is 0 Å². The van der Waals surface area contributed by atoms with E-state index < -0.39 is 29.7 Å². The maximum absolute atomic E-state index is 13.0. The molecule has 166 valence electrons. The Kier molecular flexibility index (Phi) is 10.6. The van der Waals surface area contributed by atoms with Crippen molar-refractivity contribution >= 4 is 24.0 Å². The average Bonchev–Trinajstić information content (AvgIpc) is 2.68. The quantitative estimate of drug-likeness (QED) is 0.342. The molecule has 8 heteroatoms. The van der Waals surface area contributed by atoms with E-state index in [9.17, 15) is 24.7 Å². The number of hydroxylamine groups is 1. The van der Waals surface area contributed by atoms with E-state index in [4.69, 9.17) is 0 Å². The fourth-order valence-corrected chi connectivity index (χ4v) is 3.17. The van der Waals surface area contributed by atoms with Crippen LogP contribution in [0, 0.1) is 23.7 Å². The van der Waals surface area contributed by atoms with Crippen LogP contribution in [0.3, 0.4) is 0 Å². The summed E-state index contributed by atoms with van der Waals surface area (Å²) < 4.78 is 0. The Hall–Kier alpha value is -2.87. The van der Waals surface area contributed by atoms with Crippen molar-refractivity contribution in [1.82, 2.24) is 15.9 Å². The average molecular weight is 420 g/mol. The van der Waals surface area contributed by atoms with Crippen LogP contribution >= 0.6 is 0 Å². The fourth-order valence-electron chi connectivity index (χ4n) is 3.17. The Morgan fingerprint density at radius 1 is 1.00 bits per heavy atom. The van der Waals surface area contributed by atoms with Gasteiger partial charge in [-0.25, -0.2) is 15.3 Å². The number of carbonyl (C=O) groups excluding carboxylic acids is 2. The number of hydrogen-bond acceptors (Lipinski definition) is 4. The Balaban J connectivity index is 3.07. The molecule has 0 aliphatic heterocycles. The van der Waals surface area contributed by atoms with Gasteiger partial charge in [-0.1, -0.05) is 70.2 Å². The number of hydrazine groups is 1. The molecule has 2 atom stereocenters. The highest BCUT2D eigenvalue weighted by Crippen LogP contribution is 2.25. The maximum Gasteiger partial charge on any atom is 0.426 e. The highest BCUT2D eigenvalue weighted by atomic mass is 16.5. The Bertz CT molecular complexity index is 719. The van der Waals surface area contributed by atoms with Crippen LogP contribution in [0.1, 0.15) is 46.1 Å². The van der Waals surface area contributed by atoms with Gasteiger partial charge < -0.3 is 5.11 Å². The standard InChI is InChI=1S/C22H33N3O5/c1-15(2)13-19(20(26)23-25(22(28)29)14-16(3)4)18(21(27)24-30)12-8-11-17-9-6-5-7-10-17/h5-11,15-16,18-19,30H,12-14H2,1-4H3,(H,23,26)(H,24,27)(H,28,29)/b11-8+/t18-,19?/m0/s1. The molecule has 30 heavy (non-hydrogen) atoms. The van der Waals surface area contributed by atoms with Crippen molar-refractivity contribution in [3.8, 4) is 0 Å². The van der Waals surface area contributed by atoms with Crippen LogP contribution in [0.25, 0.3) is 6.08 Å². The van der Waals surface area contributed by atoms with Gasteiger partial charge in [0, 0.05) is 6.54 Å². The Labute approximate surface area is 177 Å². The van der Waals surface area contributed by atoms with Gasteiger partial charge in [-0.3, -0.25) is 20.2 Å². The van der Waals surface area contributed by atoms with Gasteiger partial charge in [0.05, 0.1) is 11.8 Å². The summed E-state index contributed by atoms with van der Waals surface area (Å²) in [6.07, 6.45) is 2.91. The van der Waals surface area contributed by atoms with E-state index in [1.165, 1.54) is 0 Å². The van der Waals surface area contributed by atoms with Gasteiger partial charge in [0.15, 0.2) is 0 Å². The van der Waals surface area contributed by atoms with Crippen LogP contribution in [0.4, 0.5) is 4.79 Å². The van der Waals surface area contributed by atoms with E-state index in [1.807, 2.05) is 64.1 Å². The van der Waals surface area contributed by atoms with E-state index in [0.29, 0.717) is 6.42 Å². The molecule has 1 unspecified atom stereocenters. The van der Waals surface area contributed by atoms with Crippen LogP contribution in [0.15, 0.2) is 36.4 Å². The van der Waals surface area contributed by atoms with Gasteiger partial charge >= 0.3 is 6.09 Å². The second kappa shape index (κ2) is 12.6. The number of amides is 3. The zero-order chi connectivity index (χ0) is 22.7. The number of carbonyl (C=O) groups is 3. The topological polar surface area (TPSA) is 119 Å². The summed E-state index contributed by atoms with van der Waals surface area (Å²) >= 11 is 0. The lowest BCUT2D eigenvalue weighted by Crippen LogP contribution is -2.51. The lowest BCUT2D eigenvalue weighted by atomic mass is 9.82. The molecule has 0 aliphatic rings. The number of nitrogens with one attached hydrogen (secondary N) is 2. The van der Waals surface area contributed by atoms with E-state index in [0.717, 1.165) is 10.6 Å². The summed E-state index contributed by atoms with van der Waals surface area (Å²) in [5, 5.41) is 19.4. The second-order valence-corrected chi connectivity index (χ2v) is 8.13. The van der Waals surface area contributed by atoms with Crippen LogP contribution in [0.2, 0.25) is 0 Å². The molecule has 8 nitrogen and oxygen atoms in total. The van der Waals surface area contributed by atoms with Crippen molar-refractivity contribution in [3.63, 3.8) is 0 Å². The summed E-state index contributed by atoms with van der Waals surface area (Å²) in [6, 6.07) is 9.50. The molecular weight excluding hydrogens is 386 g/mol. The first kappa shape index (κ1) is 25.2. The number of nitrogens with zero attached hydrogens (tertiary/aromatic N) is 1. The van der Waals surface area contributed by atoms with Gasteiger partial charge in [-0.2, -0.15) is 0 Å². The molecule has 0 aliphatic carbocycles. The molecule has 0 saturated heterocycles. The molecule has 4 N–H and O–H groups in total. The van der Waals surface area contributed by atoms with E-state index in [2.05, 4.69) is 5.43 Å². The van der Waals surface area contributed by atoms with Crippen molar-refractivity contribution in [2.24, 2.45) is 23.7 Å². The fraction of sp³-hybridized carbons (Fsp3) is 0.500. The molecule has 1 rings (SSSR count). The molecule has 1 aromatic rings. The maximum atomic E-state index is 13.0. The minimum absolute atomic E-state index is 0.00953. The van der Waals surface area contributed by atoms with Crippen molar-refractivity contribution < 1.29 is 24.7 Å². The molecule has 0 aromatic heterocycles. The minimum Gasteiger partial charge on any atom is -0.464 e. The zero-order valence-electron chi connectivity index (χ0n) is 18.0. The monoisotopic (exact) mass is 419 g/mol. The van der Waals surface area contributed by atoms with Crippen LogP contribution < -0.4 is 10.9 Å². The van der Waals surface area contributed by atoms with E-state index >= 15 is 0 Å². The normalized spacial score (nSPS) is 13.3. The van der Waals surface area contributed by atoms with Gasteiger partial charge in [-0.15, -0.1) is 0 Å². The summed E-state index contributed by atoms with van der Waals surface area (Å²) in [4.78, 5) is 36.8. The predicted molar refractivity (Wildman–Crippen MR) is 114 cm³/mol. The first-order chi connectivity index (χ1) is 14.1. The van der Waals surface area contributed by atoms with E-state index in [1.54, 1.807) is 11.6 Å². The third-order valence-electron chi connectivity index (χ3n) is 4.52. The smallest absolute Gasteiger partial charge is 0.426 e. The first-order valence-electron chi connectivity index (χ1n) is 10.1. The number of carboxylic acid groups (broad SMARTS) is 1. The number of hydrogen-bond donors (Lipinski definition) is 4. The number of allylic oxidation sites excluding steroid dienone is 1. The predicted octanol–water partition coefficient (Wildman–Crippen LogP) is 3.54. The Morgan fingerprint density at radius 2 is 1.63 bits per heavy atom. The van der Waals surface area contributed by atoms with Crippen molar-refractivity contribution in [2.45, 2.75) is 40.5 Å². The van der Waals surface area contributed by atoms with Crippen LogP contribution in [-0.2, 0) is 9.59 Å². The van der Waals surface area contributed by atoms with Crippen molar-refractivity contribution in [2.75, 3.05) is 6.54 Å². The Morgan fingerprint density at radius 3 is 2.13 bits per heavy atom. The number of rotatable bonds is 10. The minimum atomic E-state index is -1.27. The SMILES string of the molecule is CC(C)CC(C(=O)NN(CC(C)C)C(=O)O)[C@H](C/C=C/c1ccccc1)C(=O)NO. The highest BCUT2D eigenvalue weighted by Gasteiger charge is 2.34. The molecule has 0 fully saturated rings. The summed E-state index contributed by atoms with van der Waals surface area (Å²) in [5.74, 6) is -2.82. The third kappa shape index (κ3) is 8.65. The molecule has 0 saturated carbocycles. The highest BCUT2D eigenvalue weighted by molar-refractivity contribution is 5.88. The number of benzene rings is 1. The van der Waals surface area contributed by atoms with Crippen molar-refractivity contribution in [1.29, 1.82) is 0 Å². The first-order valence-corrected chi connectivity index (χ1v) is 10.1. The van der Waals surface area contributed by atoms with Crippen LogP contribution in [-0.4, -0.2) is 39.8 Å². The van der Waals surface area contributed by atoms with Crippen molar-refractivity contribution in [3.05, 3.63) is 42.0 Å². The molecule has 3 amide bonds. The largest absolute Gasteiger partial charge is 0.464 e. The zero-order valence-corrected chi connectivity index (χ0v) is 18.0. The lowest BCUT2D eigenvalue weighted by molar-refractivity contribution is -0.142. The lowest BCUT2D eigenvalue weighted by Gasteiger charge is -2.29. The summed E-state index contributed by atoms with van der Waals surface area (Å²) in [6.45, 7) is 7.63. The molecule has 0 radical (unpaired) electrons. The second-order valence-electron chi connectivity index (χ2n) is 8.13. The van der Waals surface area contributed by atoms with Crippen LogP contribution in [0.5, 0.6) is 0 Å². The molecule has 0 spiro atoms. The van der Waals surface area contributed by atoms with E-state index in [-0.39, 0.29) is 24.8 Å². The summed E-state index contributed by atoms with van der Waals surface area (Å²) in [7, 11) is 0. The molecule has 0 heterocycles. The molecular formula is C22H33N3O5. The third-order valence-corrected chi connectivity index (χ3v) is 4.52. The van der Waals surface area contributed by atoms with Gasteiger partial charge in [-0.05, 0) is 30.2 Å². The van der Waals surface area contributed by atoms with Gasteiger partial charge in [0.2, 0.25) is 11.8 Å².